The van der Waals surface area contributed by atoms with Gasteiger partial charge in [-0.1, -0.05) is 19.6 Å². The van der Waals surface area contributed by atoms with Gasteiger partial charge in [-0.3, -0.25) is 4.68 Å². The molecular formula is C14H29N5O. The number of rotatable bonds is 7. The molecule has 2 rings (SSSR count). The van der Waals surface area contributed by atoms with Crippen LogP contribution in [0.2, 0.25) is 0 Å². The van der Waals surface area contributed by atoms with E-state index in [2.05, 4.69) is 27.0 Å². The van der Waals surface area contributed by atoms with E-state index in [4.69, 9.17) is 5.11 Å². The van der Waals surface area contributed by atoms with Gasteiger partial charge in [0.1, 0.15) is 5.69 Å². The molecule has 0 bridgehead atoms. The van der Waals surface area contributed by atoms with Gasteiger partial charge in [-0.05, 0) is 19.4 Å². The SMILES string of the molecule is C.CCCN1CCN(CCCn2cc(CO)nn2)CC1. The highest BCUT2D eigenvalue weighted by Gasteiger charge is 2.15. The summed E-state index contributed by atoms with van der Waals surface area (Å²) in [5.41, 5.74) is 0.646. The zero-order valence-corrected chi connectivity index (χ0v) is 11.8. The van der Waals surface area contributed by atoms with Gasteiger partial charge in [0.15, 0.2) is 0 Å². The number of hydrogen-bond donors (Lipinski definition) is 1. The van der Waals surface area contributed by atoms with Crippen molar-refractivity contribution in [2.45, 2.75) is 40.3 Å². The van der Waals surface area contributed by atoms with Crippen molar-refractivity contribution in [1.82, 2.24) is 24.8 Å². The summed E-state index contributed by atoms with van der Waals surface area (Å²) in [6.45, 7) is 10.2. The first-order valence-corrected chi connectivity index (χ1v) is 7.26. The van der Waals surface area contributed by atoms with Crippen LogP contribution in [0.15, 0.2) is 6.20 Å². The average Bonchev–Trinajstić information content (AvgIpc) is 2.89. The molecule has 0 radical (unpaired) electrons. The molecule has 1 aromatic heterocycles. The third kappa shape index (κ3) is 5.19. The van der Waals surface area contributed by atoms with Gasteiger partial charge in [-0.2, -0.15) is 0 Å². The maximum absolute atomic E-state index is 8.92. The van der Waals surface area contributed by atoms with Gasteiger partial charge in [-0.15, -0.1) is 5.10 Å². The number of aromatic nitrogens is 3. The van der Waals surface area contributed by atoms with E-state index in [1.807, 2.05) is 10.9 Å². The molecular weight excluding hydrogens is 254 g/mol. The van der Waals surface area contributed by atoms with Gasteiger partial charge in [-0.25, -0.2) is 0 Å². The van der Waals surface area contributed by atoms with Gasteiger partial charge in [0.2, 0.25) is 0 Å². The van der Waals surface area contributed by atoms with E-state index < -0.39 is 0 Å². The van der Waals surface area contributed by atoms with Crippen LogP contribution in [-0.4, -0.2) is 69.2 Å². The largest absolute Gasteiger partial charge is 0.390 e. The van der Waals surface area contributed by atoms with Gasteiger partial charge >= 0.3 is 0 Å². The minimum absolute atomic E-state index is 0. The zero-order valence-electron chi connectivity index (χ0n) is 11.8. The molecule has 1 N–H and O–H groups in total. The fourth-order valence-electron chi connectivity index (χ4n) is 2.53. The molecule has 0 aromatic carbocycles. The number of aliphatic hydroxyl groups is 1. The number of aliphatic hydroxyl groups excluding tert-OH is 1. The van der Waals surface area contributed by atoms with Gasteiger partial charge in [0.05, 0.1) is 12.8 Å². The maximum Gasteiger partial charge on any atom is 0.108 e. The molecule has 6 nitrogen and oxygen atoms in total. The molecule has 1 fully saturated rings. The van der Waals surface area contributed by atoms with Gasteiger partial charge in [0, 0.05) is 39.3 Å². The summed E-state index contributed by atoms with van der Waals surface area (Å²) < 4.78 is 1.82. The zero-order chi connectivity index (χ0) is 13.5. The molecule has 1 aliphatic heterocycles. The third-order valence-corrected chi connectivity index (χ3v) is 3.61. The number of piperazine rings is 1. The number of nitrogens with zero attached hydrogens (tertiary/aromatic N) is 5. The van der Waals surface area contributed by atoms with E-state index in [0.29, 0.717) is 5.69 Å². The van der Waals surface area contributed by atoms with E-state index >= 15 is 0 Å². The highest BCUT2D eigenvalue weighted by molar-refractivity contribution is 4.88. The molecule has 0 atom stereocenters. The maximum atomic E-state index is 8.92. The van der Waals surface area contributed by atoms with E-state index in [-0.39, 0.29) is 14.0 Å². The van der Waals surface area contributed by atoms with Crippen molar-refractivity contribution in [2.75, 3.05) is 39.3 Å². The first-order chi connectivity index (χ1) is 9.31. The van der Waals surface area contributed by atoms with Gasteiger partial charge < -0.3 is 14.9 Å². The Labute approximate surface area is 122 Å². The molecule has 20 heavy (non-hydrogen) atoms. The lowest BCUT2D eigenvalue weighted by molar-refractivity contribution is 0.130. The normalized spacial score (nSPS) is 17.1. The molecule has 0 unspecified atom stereocenters. The van der Waals surface area contributed by atoms with Crippen LogP contribution in [0.1, 0.15) is 32.9 Å². The Balaban J connectivity index is 0.00000200. The monoisotopic (exact) mass is 283 g/mol. The predicted octanol–water partition coefficient (Wildman–Crippen LogP) is 0.824. The molecule has 1 aromatic rings. The van der Waals surface area contributed by atoms with Crippen LogP contribution in [0.4, 0.5) is 0 Å². The first kappa shape index (κ1) is 17.1. The number of hydrogen-bond acceptors (Lipinski definition) is 5. The van der Waals surface area contributed by atoms with E-state index in [1.165, 1.54) is 39.1 Å². The molecule has 0 amide bonds. The smallest absolute Gasteiger partial charge is 0.108 e. The summed E-state index contributed by atoms with van der Waals surface area (Å²) in [5.74, 6) is 0. The molecule has 1 aliphatic rings. The van der Waals surface area contributed by atoms with Crippen LogP contribution in [-0.2, 0) is 13.2 Å². The van der Waals surface area contributed by atoms with E-state index in [9.17, 15) is 0 Å². The topological polar surface area (TPSA) is 57.4 Å². The van der Waals surface area contributed by atoms with Crippen molar-refractivity contribution < 1.29 is 5.11 Å². The summed E-state index contributed by atoms with van der Waals surface area (Å²) in [4.78, 5) is 5.07. The van der Waals surface area contributed by atoms with Crippen molar-refractivity contribution >= 4 is 0 Å². The standard InChI is InChI=1S/C13H25N5O.CH4/c1-2-4-16-7-9-17(10-8-16)5-3-6-18-11-13(12-19)14-15-18;/h11,19H,2-10,12H2,1H3;1H4. The van der Waals surface area contributed by atoms with Crippen LogP contribution in [0.25, 0.3) is 0 Å². The average molecular weight is 283 g/mol. The molecule has 116 valence electrons. The predicted molar refractivity (Wildman–Crippen MR) is 80.5 cm³/mol. The Hall–Kier alpha value is -0.980. The summed E-state index contributed by atoms with van der Waals surface area (Å²) in [5, 5.41) is 16.8. The Morgan fingerprint density at radius 3 is 2.30 bits per heavy atom. The third-order valence-electron chi connectivity index (χ3n) is 3.61. The second-order valence-electron chi connectivity index (χ2n) is 5.17. The van der Waals surface area contributed by atoms with Crippen molar-refractivity contribution in [3.8, 4) is 0 Å². The summed E-state index contributed by atoms with van der Waals surface area (Å²) in [6, 6.07) is 0. The minimum atomic E-state index is -0.0284. The van der Waals surface area contributed by atoms with Crippen LogP contribution in [0.5, 0.6) is 0 Å². The molecule has 0 saturated carbocycles. The fraction of sp³-hybridized carbons (Fsp3) is 0.857. The second-order valence-corrected chi connectivity index (χ2v) is 5.17. The summed E-state index contributed by atoms with van der Waals surface area (Å²) in [6.07, 6.45) is 4.15. The molecule has 6 heteroatoms. The van der Waals surface area contributed by atoms with Crippen LogP contribution < -0.4 is 0 Å². The first-order valence-electron chi connectivity index (χ1n) is 7.26. The second kappa shape index (κ2) is 9.05. The Morgan fingerprint density at radius 2 is 1.75 bits per heavy atom. The molecule has 0 spiro atoms. The van der Waals surface area contributed by atoms with Crippen molar-refractivity contribution in [1.29, 1.82) is 0 Å². The molecule has 0 aliphatic carbocycles. The van der Waals surface area contributed by atoms with E-state index in [1.54, 1.807) is 0 Å². The fourth-order valence-corrected chi connectivity index (χ4v) is 2.53. The number of aryl methyl sites for hydroxylation is 1. The van der Waals surface area contributed by atoms with Crippen molar-refractivity contribution in [2.24, 2.45) is 0 Å². The van der Waals surface area contributed by atoms with Crippen LogP contribution >= 0.6 is 0 Å². The lowest BCUT2D eigenvalue weighted by Crippen LogP contribution is -2.46. The Kier molecular flexibility index (Phi) is 7.72. The molecule has 1 saturated heterocycles. The molecule has 2 heterocycles. The van der Waals surface area contributed by atoms with E-state index in [0.717, 1.165) is 19.5 Å². The van der Waals surface area contributed by atoms with Crippen molar-refractivity contribution in [3.63, 3.8) is 0 Å². The highest BCUT2D eigenvalue weighted by Crippen LogP contribution is 2.04. The van der Waals surface area contributed by atoms with Gasteiger partial charge in [0.25, 0.3) is 0 Å². The summed E-state index contributed by atoms with van der Waals surface area (Å²) in [7, 11) is 0. The Bertz CT molecular complexity index is 360. The quantitative estimate of drug-likeness (QED) is 0.803. The highest BCUT2D eigenvalue weighted by atomic mass is 16.3. The van der Waals surface area contributed by atoms with Crippen LogP contribution in [0.3, 0.4) is 0 Å². The minimum Gasteiger partial charge on any atom is -0.390 e. The lowest BCUT2D eigenvalue weighted by Gasteiger charge is -2.34. The lowest BCUT2D eigenvalue weighted by atomic mass is 10.2. The van der Waals surface area contributed by atoms with Crippen LogP contribution in [0, 0.1) is 0 Å². The Morgan fingerprint density at radius 1 is 1.10 bits per heavy atom. The van der Waals surface area contributed by atoms with Crippen molar-refractivity contribution in [3.05, 3.63) is 11.9 Å². The summed E-state index contributed by atoms with van der Waals surface area (Å²) >= 11 is 0.